The van der Waals surface area contributed by atoms with Crippen LogP contribution in [0.2, 0.25) is 0 Å². The monoisotopic (exact) mass is 208 g/mol. The average Bonchev–Trinajstić information content (AvgIpc) is 2.18. The second-order valence-corrected chi connectivity index (χ2v) is 3.22. The van der Waals surface area contributed by atoms with E-state index in [0.717, 1.165) is 5.56 Å². The highest BCUT2D eigenvalue weighted by atomic mass is 16.5. The van der Waals surface area contributed by atoms with Gasteiger partial charge in [-0.25, -0.2) is 4.79 Å². The minimum absolute atomic E-state index is 0.139. The highest BCUT2D eigenvalue weighted by molar-refractivity contribution is 6.33. The lowest BCUT2D eigenvalue weighted by Gasteiger charge is -2.07. The van der Waals surface area contributed by atoms with Gasteiger partial charge >= 0.3 is 5.97 Å². The van der Waals surface area contributed by atoms with Crippen LogP contribution in [-0.4, -0.2) is 24.0 Å². The second-order valence-electron chi connectivity index (χ2n) is 3.22. The van der Waals surface area contributed by atoms with Crippen LogP contribution in [0.5, 0.6) is 5.75 Å². The molecule has 0 fully saturated rings. The SMILES string of the molecule is COc1ccc(C)cc1CC(=O)C(=O)O. The van der Waals surface area contributed by atoms with Crippen molar-refractivity contribution in [3.8, 4) is 5.75 Å². The number of hydrogen-bond donors (Lipinski definition) is 1. The number of aryl methyl sites for hydroxylation is 1. The lowest BCUT2D eigenvalue weighted by atomic mass is 10.1. The maximum atomic E-state index is 11.0. The zero-order valence-corrected chi connectivity index (χ0v) is 8.61. The summed E-state index contributed by atoms with van der Waals surface area (Å²) in [4.78, 5) is 21.4. The van der Waals surface area contributed by atoms with Crippen molar-refractivity contribution in [2.24, 2.45) is 0 Å². The Morgan fingerprint density at radius 1 is 1.40 bits per heavy atom. The van der Waals surface area contributed by atoms with Gasteiger partial charge in [0.2, 0.25) is 5.78 Å². The first kappa shape index (κ1) is 11.2. The molecule has 0 aromatic heterocycles. The maximum absolute atomic E-state index is 11.0. The number of ether oxygens (including phenoxy) is 1. The van der Waals surface area contributed by atoms with Crippen LogP contribution in [0, 0.1) is 6.92 Å². The van der Waals surface area contributed by atoms with Gasteiger partial charge in [0.05, 0.1) is 7.11 Å². The number of carboxylic acids is 1. The van der Waals surface area contributed by atoms with E-state index in [9.17, 15) is 9.59 Å². The van der Waals surface area contributed by atoms with Crippen molar-refractivity contribution in [1.82, 2.24) is 0 Å². The summed E-state index contributed by atoms with van der Waals surface area (Å²) in [6.45, 7) is 1.87. The van der Waals surface area contributed by atoms with E-state index in [1.165, 1.54) is 7.11 Å². The standard InChI is InChI=1S/C11H12O4/c1-7-3-4-10(15-2)8(5-7)6-9(12)11(13)14/h3-5H,6H2,1-2H3,(H,13,14). The van der Waals surface area contributed by atoms with Crippen molar-refractivity contribution in [3.05, 3.63) is 29.3 Å². The molecule has 1 N–H and O–H groups in total. The number of methoxy groups -OCH3 is 1. The number of Topliss-reactive ketones (excluding diaryl/α,β-unsaturated/α-hetero) is 1. The molecule has 4 nitrogen and oxygen atoms in total. The van der Waals surface area contributed by atoms with Crippen molar-refractivity contribution in [2.45, 2.75) is 13.3 Å². The Morgan fingerprint density at radius 2 is 2.07 bits per heavy atom. The Hall–Kier alpha value is -1.84. The van der Waals surface area contributed by atoms with Gasteiger partial charge in [-0.15, -0.1) is 0 Å². The van der Waals surface area contributed by atoms with Gasteiger partial charge in [0.1, 0.15) is 5.75 Å². The Labute approximate surface area is 87.5 Å². The van der Waals surface area contributed by atoms with Gasteiger partial charge in [-0.3, -0.25) is 4.79 Å². The lowest BCUT2D eigenvalue weighted by Crippen LogP contribution is -2.15. The molecule has 0 unspecified atom stereocenters. The summed E-state index contributed by atoms with van der Waals surface area (Å²) in [5.41, 5.74) is 1.56. The molecule has 1 aromatic rings. The fourth-order valence-electron chi connectivity index (χ4n) is 1.29. The molecule has 0 atom stereocenters. The summed E-state index contributed by atoms with van der Waals surface area (Å²) < 4.78 is 5.04. The maximum Gasteiger partial charge on any atom is 0.372 e. The molecule has 4 heteroatoms. The van der Waals surface area contributed by atoms with Crippen LogP contribution in [0.15, 0.2) is 18.2 Å². The van der Waals surface area contributed by atoms with E-state index in [2.05, 4.69) is 0 Å². The number of carbonyl (C=O) groups excluding carboxylic acids is 1. The van der Waals surface area contributed by atoms with Gasteiger partial charge in [0, 0.05) is 12.0 Å². The number of benzene rings is 1. The van der Waals surface area contributed by atoms with Crippen molar-refractivity contribution < 1.29 is 19.4 Å². The van der Waals surface area contributed by atoms with Crippen LogP contribution in [0.25, 0.3) is 0 Å². The van der Waals surface area contributed by atoms with Crippen LogP contribution in [0.1, 0.15) is 11.1 Å². The van der Waals surface area contributed by atoms with Gasteiger partial charge < -0.3 is 9.84 Å². The van der Waals surface area contributed by atoms with Crippen LogP contribution in [0.4, 0.5) is 0 Å². The van der Waals surface area contributed by atoms with Gasteiger partial charge in [-0.2, -0.15) is 0 Å². The molecule has 0 amide bonds. The molecular weight excluding hydrogens is 196 g/mol. The van der Waals surface area contributed by atoms with E-state index < -0.39 is 11.8 Å². The predicted octanol–water partition coefficient (Wildman–Crippen LogP) is 1.20. The second kappa shape index (κ2) is 4.59. The van der Waals surface area contributed by atoms with Crippen molar-refractivity contribution in [1.29, 1.82) is 0 Å². The molecule has 80 valence electrons. The fourth-order valence-corrected chi connectivity index (χ4v) is 1.29. The van der Waals surface area contributed by atoms with Crippen molar-refractivity contribution in [2.75, 3.05) is 7.11 Å². The molecule has 0 spiro atoms. The Morgan fingerprint density at radius 3 is 2.60 bits per heavy atom. The minimum Gasteiger partial charge on any atom is -0.496 e. The number of carbonyl (C=O) groups is 2. The molecule has 0 saturated carbocycles. The van der Waals surface area contributed by atoms with Gasteiger partial charge in [0.25, 0.3) is 0 Å². The van der Waals surface area contributed by atoms with E-state index in [1.807, 2.05) is 13.0 Å². The highest BCUT2D eigenvalue weighted by Crippen LogP contribution is 2.20. The van der Waals surface area contributed by atoms with E-state index in [0.29, 0.717) is 11.3 Å². The van der Waals surface area contributed by atoms with E-state index in [4.69, 9.17) is 9.84 Å². The number of rotatable bonds is 4. The molecule has 0 bridgehead atoms. The molecule has 1 rings (SSSR count). The third-order valence-electron chi connectivity index (χ3n) is 2.03. The summed E-state index contributed by atoms with van der Waals surface area (Å²) in [5, 5.41) is 8.49. The summed E-state index contributed by atoms with van der Waals surface area (Å²) in [6.07, 6.45) is -0.139. The van der Waals surface area contributed by atoms with Crippen LogP contribution in [-0.2, 0) is 16.0 Å². The molecule has 0 saturated heterocycles. The average molecular weight is 208 g/mol. The van der Waals surface area contributed by atoms with E-state index >= 15 is 0 Å². The molecule has 0 aliphatic heterocycles. The largest absolute Gasteiger partial charge is 0.496 e. The molecule has 15 heavy (non-hydrogen) atoms. The van der Waals surface area contributed by atoms with Gasteiger partial charge in [-0.05, 0) is 13.0 Å². The minimum atomic E-state index is -1.42. The van der Waals surface area contributed by atoms with Crippen molar-refractivity contribution >= 4 is 11.8 Å². The van der Waals surface area contributed by atoms with E-state index in [1.54, 1.807) is 12.1 Å². The summed E-state index contributed by atoms with van der Waals surface area (Å²) in [5.74, 6) is -1.72. The first-order valence-electron chi connectivity index (χ1n) is 4.44. The third kappa shape index (κ3) is 2.80. The number of carboxylic acid groups (broad SMARTS) is 1. The summed E-state index contributed by atoms with van der Waals surface area (Å²) in [7, 11) is 1.49. The van der Waals surface area contributed by atoms with Crippen LogP contribution >= 0.6 is 0 Å². The van der Waals surface area contributed by atoms with Crippen LogP contribution < -0.4 is 4.74 Å². The number of hydrogen-bond acceptors (Lipinski definition) is 3. The first-order valence-corrected chi connectivity index (χ1v) is 4.44. The fraction of sp³-hybridized carbons (Fsp3) is 0.273. The summed E-state index contributed by atoms with van der Waals surface area (Å²) >= 11 is 0. The Bertz CT molecular complexity index is 396. The topological polar surface area (TPSA) is 63.6 Å². The molecule has 0 aliphatic carbocycles. The molecule has 1 aromatic carbocycles. The smallest absolute Gasteiger partial charge is 0.372 e. The number of ketones is 1. The normalized spacial score (nSPS) is 9.73. The Kier molecular flexibility index (Phi) is 3.44. The molecule has 0 heterocycles. The molecule has 0 aliphatic rings. The quantitative estimate of drug-likeness (QED) is 0.755. The lowest BCUT2D eigenvalue weighted by molar-refractivity contribution is -0.148. The zero-order valence-electron chi connectivity index (χ0n) is 8.61. The van der Waals surface area contributed by atoms with Crippen LogP contribution in [0.3, 0.4) is 0 Å². The van der Waals surface area contributed by atoms with Gasteiger partial charge in [-0.1, -0.05) is 17.7 Å². The third-order valence-corrected chi connectivity index (χ3v) is 2.03. The van der Waals surface area contributed by atoms with Crippen molar-refractivity contribution in [3.63, 3.8) is 0 Å². The zero-order chi connectivity index (χ0) is 11.4. The molecule has 0 radical (unpaired) electrons. The molecular formula is C11H12O4. The van der Waals surface area contributed by atoms with E-state index in [-0.39, 0.29) is 6.42 Å². The first-order chi connectivity index (χ1) is 7.04. The summed E-state index contributed by atoms with van der Waals surface area (Å²) in [6, 6.07) is 5.31. The Balaban J connectivity index is 2.97. The predicted molar refractivity (Wildman–Crippen MR) is 54.1 cm³/mol. The number of aliphatic carboxylic acids is 1. The highest BCUT2D eigenvalue weighted by Gasteiger charge is 2.14. The van der Waals surface area contributed by atoms with Gasteiger partial charge in [0.15, 0.2) is 0 Å².